The Morgan fingerprint density at radius 1 is 1.17 bits per heavy atom. The van der Waals surface area contributed by atoms with Gasteiger partial charge in [-0.2, -0.15) is 0 Å². The van der Waals surface area contributed by atoms with Crippen molar-refractivity contribution in [3.05, 3.63) is 35.9 Å². The lowest BCUT2D eigenvalue weighted by molar-refractivity contribution is 0.145. The summed E-state index contributed by atoms with van der Waals surface area (Å²) in [5.41, 5.74) is 1.67. The number of likely N-dealkylation sites (N-methyl/N-ethyl adjacent to an activating group) is 1. The van der Waals surface area contributed by atoms with Crippen LogP contribution in [0.3, 0.4) is 0 Å². The Bertz CT molecular complexity index is 709. The summed E-state index contributed by atoms with van der Waals surface area (Å²) < 4.78 is 5.94. The molecule has 7 heteroatoms. The number of aliphatic hydroxyl groups excluding tert-OH is 1. The smallest absolute Gasteiger partial charge is 0.227 e. The van der Waals surface area contributed by atoms with E-state index < -0.39 is 6.10 Å². The molecule has 1 N–H and O–H groups in total. The van der Waals surface area contributed by atoms with E-state index in [0.717, 1.165) is 30.2 Å². The molecule has 1 aliphatic rings. The second-order valence-electron chi connectivity index (χ2n) is 6.18. The molecule has 3 rings (SSSR count). The van der Waals surface area contributed by atoms with Crippen molar-refractivity contribution in [2.24, 2.45) is 0 Å². The van der Waals surface area contributed by atoms with Gasteiger partial charge in [0.05, 0.1) is 17.4 Å². The van der Waals surface area contributed by atoms with Crippen molar-refractivity contribution >= 4 is 5.82 Å². The second-order valence-corrected chi connectivity index (χ2v) is 6.18. The van der Waals surface area contributed by atoms with Gasteiger partial charge in [0.1, 0.15) is 12.1 Å². The summed E-state index contributed by atoms with van der Waals surface area (Å²) >= 11 is 0. The molecule has 24 heavy (non-hydrogen) atoms. The van der Waals surface area contributed by atoms with Crippen molar-refractivity contribution in [2.75, 3.05) is 38.1 Å². The van der Waals surface area contributed by atoms with Gasteiger partial charge in [0.25, 0.3) is 0 Å². The van der Waals surface area contributed by atoms with E-state index in [4.69, 9.17) is 4.74 Å². The number of β-amino-alcohol motifs (C(OH)–C–C–N with tert-alkyl or cyclic N) is 1. The van der Waals surface area contributed by atoms with Gasteiger partial charge in [-0.15, -0.1) is 0 Å². The number of pyridine rings is 1. The summed E-state index contributed by atoms with van der Waals surface area (Å²) in [6.07, 6.45) is 2.83. The fraction of sp³-hybridized carbons (Fsp3) is 0.471. The van der Waals surface area contributed by atoms with E-state index in [9.17, 15) is 5.11 Å². The highest BCUT2D eigenvalue weighted by Crippen LogP contribution is 2.29. The number of aliphatic hydroxyl groups is 1. The number of aryl methyl sites for hydroxylation is 1. The minimum Gasteiger partial charge on any atom is -0.437 e. The first-order valence-corrected chi connectivity index (χ1v) is 8.07. The summed E-state index contributed by atoms with van der Waals surface area (Å²) in [5, 5.41) is 10.2. The molecule has 7 nitrogen and oxygen atoms in total. The highest BCUT2D eigenvalue weighted by atomic mass is 16.5. The van der Waals surface area contributed by atoms with Crippen LogP contribution in [0.15, 0.2) is 24.7 Å². The molecule has 1 fully saturated rings. The normalized spacial score (nSPS) is 19.2. The van der Waals surface area contributed by atoms with Gasteiger partial charge in [0.2, 0.25) is 5.88 Å². The Labute approximate surface area is 141 Å². The van der Waals surface area contributed by atoms with Crippen molar-refractivity contribution in [1.82, 2.24) is 19.9 Å². The van der Waals surface area contributed by atoms with E-state index >= 15 is 0 Å². The van der Waals surface area contributed by atoms with Gasteiger partial charge in [-0.25, -0.2) is 9.97 Å². The van der Waals surface area contributed by atoms with E-state index in [-0.39, 0.29) is 0 Å². The second kappa shape index (κ2) is 7.11. The molecule has 2 aromatic heterocycles. The largest absolute Gasteiger partial charge is 0.437 e. The van der Waals surface area contributed by atoms with Crippen LogP contribution in [0.5, 0.6) is 11.6 Å². The van der Waals surface area contributed by atoms with Gasteiger partial charge in [-0.1, -0.05) is 0 Å². The molecule has 0 spiro atoms. The van der Waals surface area contributed by atoms with E-state index in [1.54, 1.807) is 6.20 Å². The van der Waals surface area contributed by atoms with Crippen molar-refractivity contribution in [3.8, 4) is 11.6 Å². The lowest BCUT2D eigenvalue weighted by Crippen LogP contribution is -2.34. The Kier molecular flexibility index (Phi) is 4.92. The average Bonchev–Trinajstić information content (AvgIpc) is 2.72. The predicted molar refractivity (Wildman–Crippen MR) is 91.5 cm³/mol. The standard InChI is InChI=1S/C17H23N5O2/c1-12-16(22-8-7-21(3)9-14(23)10-22)19-11-20-17(12)24-15-5-4-6-18-13(15)2/h4-6,11,14,23H,7-10H2,1-3H3/t14-/m1/s1. The van der Waals surface area contributed by atoms with Crippen molar-refractivity contribution < 1.29 is 9.84 Å². The zero-order valence-corrected chi connectivity index (χ0v) is 14.3. The van der Waals surface area contributed by atoms with E-state index in [2.05, 4.69) is 24.8 Å². The zero-order valence-electron chi connectivity index (χ0n) is 14.3. The Balaban J connectivity index is 1.87. The molecule has 1 aliphatic heterocycles. The van der Waals surface area contributed by atoms with Crippen molar-refractivity contribution in [1.29, 1.82) is 0 Å². The Hall–Kier alpha value is -2.25. The number of anilines is 1. The first-order chi connectivity index (χ1) is 11.5. The molecule has 0 amide bonds. The summed E-state index contributed by atoms with van der Waals surface area (Å²) in [5.74, 6) is 2.00. The van der Waals surface area contributed by atoms with Crippen LogP contribution in [0.4, 0.5) is 5.82 Å². The maximum absolute atomic E-state index is 10.2. The maximum Gasteiger partial charge on any atom is 0.227 e. The third-order valence-electron chi connectivity index (χ3n) is 4.18. The van der Waals surface area contributed by atoms with Crippen molar-refractivity contribution in [2.45, 2.75) is 20.0 Å². The Morgan fingerprint density at radius 2 is 2.00 bits per heavy atom. The van der Waals surface area contributed by atoms with E-state index in [1.807, 2.05) is 33.0 Å². The van der Waals surface area contributed by atoms with Gasteiger partial charge in [0, 0.05) is 32.4 Å². The number of aromatic nitrogens is 3. The third kappa shape index (κ3) is 3.63. The molecule has 0 aromatic carbocycles. The molecule has 1 atom stereocenters. The van der Waals surface area contributed by atoms with Crippen LogP contribution < -0.4 is 9.64 Å². The molecule has 3 heterocycles. The van der Waals surface area contributed by atoms with Gasteiger partial charge < -0.3 is 19.6 Å². The topological polar surface area (TPSA) is 74.6 Å². The third-order valence-corrected chi connectivity index (χ3v) is 4.18. The first kappa shape index (κ1) is 16.6. The highest BCUT2D eigenvalue weighted by molar-refractivity contribution is 5.51. The van der Waals surface area contributed by atoms with Crippen LogP contribution >= 0.6 is 0 Å². The minimum absolute atomic E-state index is 0.406. The van der Waals surface area contributed by atoms with E-state index in [1.165, 1.54) is 6.33 Å². The molecular formula is C17H23N5O2. The van der Waals surface area contributed by atoms with Gasteiger partial charge in [0.15, 0.2) is 5.75 Å². The molecular weight excluding hydrogens is 306 g/mol. The predicted octanol–water partition coefficient (Wildman–Crippen LogP) is 1.39. The molecule has 0 unspecified atom stereocenters. The molecule has 0 bridgehead atoms. The number of nitrogens with zero attached hydrogens (tertiary/aromatic N) is 5. The van der Waals surface area contributed by atoms with Crippen LogP contribution in [0.1, 0.15) is 11.3 Å². The maximum atomic E-state index is 10.2. The lowest BCUT2D eigenvalue weighted by Gasteiger charge is -2.24. The summed E-state index contributed by atoms with van der Waals surface area (Å²) in [6.45, 7) is 6.73. The highest BCUT2D eigenvalue weighted by Gasteiger charge is 2.23. The van der Waals surface area contributed by atoms with Crippen LogP contribution in [-0.4, -0.2) is 64.3 Å². The van der Waals surface area contributed by atoms with Crippen molar-refractivity contribution in [3.63, 3.8) is 0 Å². The minimum atomic E-state index is -0.406. The zero-order chi connectivity index (χ0) is 17.1. The monoisotopic (exact) mass is 329 g/mol. The number of hydrogen-bond donors (Lipinski definition) is 1. The average molecular weight is 329 g/mol. The van der Waals surface area contributed by atoms with Crippen LogP contribution in [0.2, 0.25) is 0 Å². The summed E-state index contributed by atoms with van der Waals surface area (Å²) in [6, 6.07) is 3.70. The SMILES string of the molecule is Cc1ncccc1Oc1ncnc(N2CCN(C)C[C@@H](O)C2)c1C. The van der Waals surface area contributed by atoms with Crippen LogP contribution in [0.25, 0.3) is 0 Å². The molecule has 1 saturated heterocycles. The quantitative estimate of drug-likeness (QED) is 0.912. The fourth-order valence-electron chi connectivity index (χ4n) is 2.87. The Morgan fingerprint density at radius 3 is 2.79 bits per heavy atom. The van der Waals surface area contributed by atoms with Crippen LogP contribution in [0, 0.1) is 13.8 Å². The lowest BCUT2D eigenvalue weighted by atomic mass is 10.2. The number of hydrogen-bond acceptors (Lipinski definition) is 7. The first-order valence-electron chi connectivity index (χ1n) is 8.07. The molecule has 0 aliphatic carbocycles. The summed E-state index contributed by atoms with van der Waals surface area (Å²) in [4.78, 5) is 17.1. The van der Waals surface area contributed by atoms with Gasteiger partial charge >= 0.3 is 0 Å². The number of rotatable bonds is 3. The van der Waals surface area contributed by atoms with E-state index in [0.29, 0.717) is 24.7 Å². The fourth-order valence-corrected chi connectivity index (χ4v) is 2.87. The van der Waals surface area contributed by atoms with Crippen LogP contribution in [-0.2, 0) is 0 Å². The molecule has 2 aromatic rings. The summed E-state index contributed by atoms with van der Waals surface area (Å²) in [7, 11) is 2.01. The molecule has 0 saturated carbocycles. The molecule has 128 valence electrons. The van der Waals surface area contributed by atoms with Gasteiger partial charge in [-0.05, 0) is 33.0 Å². The number of ether oxygens (including phenoxy) is 1. The van der Waals surface area contributed by atoms with Gasteiger partial charge in [-0.3, -0.25) is 4.98 Å². The molecule has 0 radical (unpaired) electrons.